The van der Waals surface area contributed by atoms with Gasteiger partial charge in [0.25, 0.3) is 0 Å². The predicted molar refractivity (Wildman–Crippen MR) is 88.0 cm³/mol. The lowest BCUT2D eigenvalue weighted by molar-refractivity contribution is -0.111. The molecule has 3 heteroatoms. The Morgan fingerprint density at radius 1 is 1.25 bits per heavy atom. The van der Waals surface area contributed by atoms with Gasteiger partial charge in [0.1, 0.15) is 0 Å². The molecule has 1 saturated heterocycles. The van der Waals surface area contributed by atoms with Crippen LogP contribution in [-0.4, -0.2) is 18.0 Å². The van der Waals surface area contributed by atoms with Crippen LogP contribution in [0.15, 0.2) is 24.3 Å². The number of halogens is 1. The van der Waals surface area contributed by atoms with Gasteiger partial charge in [0.2, 0.25) is 0 Å². The van der Waals surface area contributed by atoms with E-state index in [1.165, 1.54) is 19.3 Å². The van der Waals surface area contributed by atoms with Crippen molar-refractivity contribution in [2.75, 3.05) is 6.61 Å². The summed E-state index contributed by atoms with van der Waals surface area (Å²) in [7, 11) is 0. The number of Topliss-reactive ketones (excluding diaryl/α,β-unsaturated/α-hetero) is 1. The van der Waals surface area contributed by atoms with Gasteiger partial charge in [-0.05, 0) is 60.4 Å². The molecule has 2 nitrogen and oxygen atoms in total. The average Bonchev–Trinajstić information content (AvgIpc) is 2.47. The quantitative estimate of drug-likeness (QED) is 0.550. The Morgan fingerprint density at radius 2 is 2.05 bits per heavy atom. The van der Waals surface area contributed by atoms with E-state index in [-0.39, 0.29) is 11.5 Å². The van der Waals surface area contributed by atoms with E-state index in [2.05, 4.69) is 22.6 Å². The molecular formula is C17H21IO2. The summed E-state index contributed by atoms with van der Waals surface area (Å²) in [4.78, 5) is 12.7. The van der Waals surface area contributed by atoms with Gasteiger partial charge in [0, 0.05) is 21.7 Å². The zero-order valence-corrected chi connectivity index (χ0v) is 13.9. The molecule has 1 aromatic carbocycles. The summed E-state index contributed by atoms with van der Waals surface area (Å²) in [5.74, 6) is 0.469. The van der Waals surface area contributed by atoms with Crippen LogP contribution < -0.4 is 0 Å². The first-order chi connectivity index (χ1) is 9.69. The summed E-state index contributed by atoms with van der Waals surface area (Å²) in [6, 6.07) is 7.97. The number of rotatable bonds is 2. The maximum atomic E-state index is 12.7. The van der Waals surface area contributed by atoms with Crippen molar-refractivity contribution < 1.29 is 9.53 Å². The first kappa shape index (κ1) is 14.5. The smallest absolute Gasteiger partial charge is 0.166 e. The summed E-state index contributed by atoms with van der Waals surface area (Å²) in [6.45, 7) is 0.750. The molecule has 0 bridgehead atoms. The van der Waals surface area contributed by atoms with Gasteiger partial charge in [0.05, 0.1) is 5.60 Å². The van der Waals surface area contributed by atoms with Crippen molar-refractivity contribution in [1.29, 1.82) is 0 Å². The van der Waals surface area contributed by atoms with Gasteiger partial charge in [0.15, 0.2) is 5.78 Å². The number of benzene rings is 1. The van der Waals surface area contributed by atoms with Crippen molar-refractivity contribution in [2.24, 2.45) is 5.92 Å². The second-order valence-corrected chi connectivity index (χ2v) is 7.40. The van der Waals surface area contributed by atoms with E-state index in [4.69, 9.17) is 4.74 Å². The third-order valence-electron chi connectivity index (χ3n) is 4.74. The van der Waals surface area contributed by atoms with E-state index in [0.29, 0.717) is 5.78 Å². The second-order valence-electron chi connectivity index (χ2n) is 6.16. The zero-order chi connectivity index (χ0) is 14.0. The summed E-state index contributed by atoms with van der Waals surface area (Å²) in [5, 5.41) is 0. The van der Waals surface area contributed by atoms with Gasteiger partial charge in [-0.25, -0.2) is 0 Å². The fraction of sp³-hybridized carbons (Fsp3) is 0.588. The molecule has 0 aromatic heterocycles. The van der Waals surface area contributed by atoms with Gasteiger partial charge in [-0.3, -0.25) is 4.79 Å². The van der Waals surface area contributed by atoms with Gasteiger partial charge in [-0.15, -0.1) is 0 Å². The minimum absolute atomic E-state index is 0.0127. The Kier molecular flexibility index (Phi) is 4.46. The number of carbonyl (C=O) groups excluding carboxylic acids is 1. The molecule has 1 aromatic rings. The number of ether oxygens (including phenoxy) is 1. The lowest BCUT2D eigenvalue weighted by Gasteiger charge is -2.43. The summed E-state index contributed by atoms with van der Waals surface area (Å²) in [5.41, 5.74) is 0.883. The van der Waals surface area contributed by atoms with Gasteiger partial charge in [-0.2, -0.15) is 0 Å². The van der Waals surface area contributed by atoms with Crippen molar-refractivity contribution >= 4 is 28.4 Å². The lowest BCUT2D eigenvalue weighted by Crippen LogP contribution is -2.43. The molecule has 20 heavy (non-hydrogen) atoms. The fourth-order valence-corrected chi connectivity index (χ4v) is 4.22. The van der Waals surface area contributed by atoms with E-state index in [0.717, 1.165) is 41.4 Å². The SMILES string of the molecule is O=C(c1cccc(I)c1)C1CCOC2(CCCCC2)C1. The molecule has 1 unspecified atom stereocenters. The van der Waals surface area contributed by atoms with Crippen molar-refractivity contribution in [3.8, 4) is 0 Å². The van der Waals surface area contributed by atoms with Crippen LogP contribution in [0.5, 0.6) is 0 Å². The Bertz CT molecular complexity index is 486. The largest absolute Gasteiger partial charge is 0.375 e. The topological polar surface area (TPSA) is 26.3 Å². The van der Waals surface area contributed by atoms with E-state index >= 15 is 0 Å². The summed E-state index contributed by atoms with van der Waals surface area (Å²) < 4.78 is 7.23. The van der Waals surface area contributed by atoms with Gasteiger partial charge < -0.3 is 4.74 Å². The molecule has 2 aliphatic rings. The van der Waals surface area contributed by atoms with Crippen LogP contribution in [0.1, 0.15) is 55.3 Å². The molecule has 0 N–H and O–H groups in total. The third kappa shape index (κ3) is 3.08. The lowest BCUT2D eigenvalue weighted by atomic mass is 9.74. The van der Waals surface area contributed by atoms with E-state index in [1.807, 2.05) is 24.3 Å². The molecule has 1 aliphatic heterocycles. The average molecular weight is 384 g/mol. The molecular weight excluding hydrogens is 363 g/mol. The molecule has 1 heterocycles. The van der Waals surface area contributed by atoms with E-state index in [9.17, 15) is 4.79 Å². The highest BCUT2D eigenvalue weighted by Crippen LogP contribution is 2.41. The van der Waals surface area contributed by atoms with Crippen LogP contribution in [0.3, 0.4) is 0 Å². The van der Waals surface area contributed by atoms with Crippen molar-refractivity contribution in [3.63, 3.8) is 0 Å². The molecule has 1 aliphatic carbocycles. The molecule has 2 fully saturated rings. The molecule has 1 saturated carbocycles. The molecule has 1 atom stereocenters. The minimum Gasteiger partial charge on any atom is -0.375 e. The first-order valence-corrected chi connectivity index (χ1v) is 8.70. The normalized spacial score (nSPS) is 25.6. The monoisotopic (exact) mass is 384 g/mol. The van der Waals surface area contributed by atoms with Gasteiger partial charge in [-0.1, -0.05) is 31.4 Å². The summed E-state index contributed by atoms with van der Waals surface area (Å²) in [6.07, 6.45) is 7.92. The first-order valence-electron chi connectivity index (χ1n) is 7.62. The van der Waals surface area contributed by atoms with Crippen LogP contribution in [0.2, 0.25) is 0 Å². The molecule has 0 amide bonds. The van der Waals surface area contributed by atoms with Gasteiger partial charge >= 0.3 is 0 Å². The second kappa shape index (κ2) is 6.14. The number of hydrogen-bond donors (Lipinski definition) is 0. The predicted octanol–water partition coefficient (Wildman–Crippen LogP) is 4.60. The maximum absolute atomic E-state index is 12.7. The Balaban J connectivity index is 1.74. The van der Waals surface area contributed by atoms with Crippen LogP contribution in [0.25, 0.3) is 0 Å². The highest BCUT2D eigenvalue weighted by Gasteiger charge is 2.40. The number of carbonyl (C=O) groups is 1. The Labute approximate surface area is 134 Å². The van der Waals surface area contributed by atoms with Crippen molar-refractivity contribution in [1.82, 2.24) is 0 Å². The fourth-order valence-electron chi connectivity index (χ4n) is 3.67. The van der Waals surface area contributed by atoms with Crippen molar-refractivity contribution in [3.05, 3.63) is 33.4 Å². The van der Waals surface area contributed by atoms with Crippen LogP contribution in [0, 0.1) is 9.49 Å². The molecule has 3 rings (SSSR count). The van der Waals surface area contributed by atoms with E-state index in [1.54, 1.807) is 0 Å². The highest BCUT2D eigenvalue weighted by molar-refractivity contribution is 14.1. The standard InChI is InChI=1S/C17H21IO2/c18-15-6-4-5-13(11-15)16(19)14-7-10-20-17(12-14)8-2-1-3-9-17/h4-6,11,14H,1-3,7-10,12H2. The van der Waals surface area contributed by atoms with E-state index < -0.39 is 0 Å². The highest BCUT2D eigenvalue weighted by atomic mass is 127. The molecule has 108 valence electrons. The summed E-state index contributed by atoms with van der Waals surface area (Å²) >= 11 is 2.27. The molecule has 0 radical (unpaired) electrons. The number of hydrogen-bond acceptors (Lipinski definition) is 2. The van der Waals surface area contributed by atoms with Crippen LogP contribution in [-0.2, 0) is 4.74 Å². The zero-order valence-electron chi connectivity index (χ0n) is 11.7. The maximum Gasteiger partial charge on any atom is 0.166 e. The Morgan fingerprint density at radius 3 is 2.80 bits per heavy atom. The third-order valence-corrected chi connectivity index (χ3v) is 5.41. The molecule has 1 spiro atoms. The van der Waals surface area contributed by atoms with Crippen molar-refractivity contribution in [2.45, 2.75) is 50.5 Å². The number of ketones is 1. The van der Waals surface area contributed by atoms with Crippen LogP contribution >= 0.6 is 22.6 Å². The van der Waals surface area contributed by atoms with Crippen LogP contribution in [0.4, 0.5) is 0 Å². The Hall–Kier alpha value is -0.420. The minimum atomic E-state index is 0.0127.